The number of amides is 1. The molecule has 1 aliphatic rings. The van der Waals surface area contributed by atoms with E-state index in [0.717, 1.165) is 30.6 Å². The molecule has 1 aromatic rings. The summed E-state index contributed by atoms with van der Waals surface area (Å²) in [6.45, 7) is 5.66. The predicted octanol–water partition coefficient (Wildman–Crippen LogP) is 1.80. The van der Waals surface area contributed by atoms with Gasteiger partial charge in [0.25, 0.3) is 5.91 Å². The lowest BCUT2D eigenvalue weighted by Crippen LogP contribution is -2.48. The highest BCUT2D eigenvalue weighted by Gasteiger charge is 2.26. The van der Waals surface area contributed by atoms with E-state index < -0.39 is 0 Å². The first-order chi connectivity index (χ1) is 8.08. The molecule has 2 N–H and O–H groups in total. The molecule has 1 heterocycles. The third kappa shape index (κ3) is 2.67. The van der Waals surface area contributed by atoms with E-state index in [4.69, 9.17) is 5.73 Å². The van der Waals surface area contributed by atoms with Crippen molar-refractivity contribution in [3.05, 3.63) is 35.4 Å². The number of hydrogen-bond donors (Lipinski definition) is 1. The zero-order valence-corrected chi connectivity index (χ0v) is 10.5. The third-order valence-electron chi connectivity index (χ3n) is 3.52. The average Bonchev–Trinajstić information content (AvgIpc) is 2.32. The molecule has 0 aromatic heterocycles. The van der Waals surface area contributed by atoms with Crippen molar-refractivity contribution >= 4 is 5.91 Å². The Bertz CT molecular complexity index is 416. The van der Waals surface area contributed by atoms with Gasteiger partial charge >= 0.3 is 0 Å². The van der Waals surface area contributed by atoms with E-state index in [2.05, 4.69) is 6.92 Å². The number of carbonyl (C=O) groups excluding carboxylic acids is 1. The molecule has 3 nitrogen and oxygen atoms in total. The molecule has 0 spiro atoms. The van der Waals surface area contributed by atoms with E-state index in [-0.39, 0.29) is 11.9 Å². The van der Waals surface area contributed by atoms with Crippen molar-refractivity contribution < 1.29 is 4.79 Å². The molecule has 2 atom stereocenters. The van der Waals surface area contributed by atoms with Gasteiger partial charge in [-0.1, -0.05) is 24.6 Å². The Morgan fingerprint density at radius 1 is 1.47 bits per heavy atom. The Balaban J connectivity index is 2.10. The van der Waals surface area contributed by atoms with Gasteiger partial charge in [0.05, 0.1) is 0 Å². The monoisotopic (exact) mass is 232 g/mol. The maximum absolute atomic E-state index is 12.3. The highest BCUT2D eigenvalue weighted by atomic mass is 16.2. The predicted molar refractivity (Wildman–Crippen MR) is 68.8 cm³/mol. The highest BCUT2D eigenvalue weighted by Crippen LogP contribution is 2.17. The van der Waals surface area contributed by atoms with Crippen LogP contribution in [-0.4, -0.2) is 29.9 Å². The van der Waals surface area contributed by atoms with Gasteiger partial charge in [0.2, 0.25) is 0 Å². The second-order valence-electron chi connectivity index (χ2n) is 5.05. The number of likely N-dealkylation sites (tertiary alicyclic amines) is 1. The summed E-state index contributed by atoms with van der Waals surface area (Å²) < 4.78 is 0. The molecule has 0 saturated carbocycles. The number of aryl methyl sites for hydroxylation is 1. The number of hydrogen-bond acceptors (Lipinski definition) is 2. The third-order valence-corrected chi connectivity index (χ3v) is 3.52. The maximum atomic E-state index is 12.3. The van der Waals surface area contributed by atoms with Crippen LogP contribution in [0.5, 0.6) is 0 Å². The maximum Gasteiger partial charge on any atom is 0.253 e. The lowest BCUT2D eigenvalue weighted by Gasteiger charge is -2.35. The van der Waals surface area contributed by atoms with Crippen LogP contribution in [0.25, 0.3) is 0 Å². The molecule has 1 aliphatic heterocycles. The fourth-order valence-electron chi connectivity index (χ4n) is 2.31. The Labute approximate surface area is 103 Å². The molecule has 3 heteroatoms. The average molecular weight is 232 g/mol. The SMILES string of the molecule is Cc1cccc(C(=O)N2CCC(N)C(C)C2)c1. The fraction of sp³-hybridized carbons (Fsp3) is 0.500. The molecule has 0 aliphatic carbocycles. The van der Waals surface area contributed by atoms with Crippen LogP contribution >= 0.6 is 0 Å². The van der Waals surface area contributed by atoms with Crippen LogP contribution in [0.15, 0.2) is 24.3 Å². The van der Waals surface area contributed by atoms with Gasteiger partial charge < -0.3 is 10.6 Å². The van der Waals surface area contributed by atoms with Crippen LogP contribution in [0.2, 0.25) is 0 Å². The Morgan fingerprint density at radius 2 is 2.24 bits per heavy atom. The van der Waals surface area contributed by atoms with Crippen LogP contribution in [-0.2, 0) is 0 Å². The van der Waals surface area contributed by atoms with Crippen molar-refractivity contribution in [3.8, 4) is 0 Å². The normalized spacial score (nSPS) is 24.8. The molecule has 92 valence electrons. The van der Waals surface area contributed by atoms with E-state index in [1.165, 1.54) is 0 Å². The summed E-state index contributed by atoms with van der Waals surface area (Å²) in [5, 5.41) is 0. The minimum Gasteiger partial charge on any atom is -0.338 e. The molecule has 1 fully saturated rings. The first-order valence-corrected chi connectivity index (χ1v) is 6.19. The van der Waals surface area contributed by atoms with Gasteiger partial charge in [0.15, 0.2) is 0 Å². The molecule has 1 aromatic carbocycles. The first-order valence-electron chi connectivity index (χ1n) is 6.19. The summed E-state index contributed by atoms with van der Waals surface area (Å²) in [5.74, 6) is 0.518. The van der Waals surface area contributed by atoms with Gasteiger partial charge in [-0.3, -0.25) is 4.79 Å². The van der Waals surface area contributed by atoms with Gasteiger partial charge in [0.1, 0.15) is 0 Å². The van der Waals surface area contributed by atoms with Crippen molar-refractivity contribution in [1.29, 1.82) is 0 Å². The summed E-state index contributed by atoms with van der Waals surface area (Å²) >= 11 is 0. The summed E-state index contributed by atoms with van der Waals surface area (Å²) in [5.41, 5.74) is 7.87. The van der Waals surface area contributed by atoms with Gasteiger partial charge in [-0.05, 0) is 31.4 Å². The number of benzene rings is 1. The lowest BCUT2D eigenvalue weighted by molar-refractivity contribution is 0.0664. The van der Waals surface area contributed by atoms with Gasteiger partial charge in [0, 0.05) is 24.7 Å². The molecule has 2 rings (SSSR count). The molecular formula is C14H20N2O. The van der Waals surface area contributed by atoms with Crippen molar-refractivity contribution in [1.82, 2.24) is 4.90 Å². The summed E-state index contributed by atoms with van der Waals surface area (Å²) in [7, 11) is 0. The second kappa shape index (κ2) is 4.88. The van der Waals surface area contributed by atoms with Crippen molar-refractivity contribution in [3.63, 3.8) is 0 Å². The molecule has 1 amide bonds. The van der Waals surface area contributed by atoms with Crippen molar-refractivity contribution in [2.45, 2.75) is 26.3 Å². The second-order valence-corrected chi connectivity index (χ2v) is 5.05. The number of carbonyl (C=O) groups is 1. The quantitative estimate of drug-likeness (QED) is 0.802. The topological polar surface area (TPSA) is 46.3 Å². The number of nitrogens with two attached hydrogens (primary N) is 1. The van der Waals surface area contributed by atoms with Crippen LogP contribution < -0.4 is 5.73 Å². The Morgan fingerprint density at radius 3 is 2.88 bits per heavy atom. The number of nitrogens with zero attached hydrogens (tertiary/aromatic N) is 1. The lowest BCUT2D eigenvalue weighted by atomic mass is 9.94. The van der Waals surface area contributed by atoms with E-state index >= 15 is 0 Å². The minimum atomic E-state index is 0.132. The van der Waals surface area contributed by atoms with E-state index in [1.807, 2.05) is 36.1 Å². The summed E-state index contributed by atoms with van der Waals surface area (Å²) in [4.78, 5) is 14.2. The molecule has 17 heavy (non-hydrogen) atoms. The zero-order chi connectivity index (χ0) is 12.4. The largest absolute Gasteiger partial charge is 0.338 e. The molecule has 0 radical (unpaired) electrons. The van der Waals surface area contributed by atoms with Crippen molar-refractivity contribution in [2.75, 3.05) is 13.1 Å². The highest BCUT2D eigenvalue weighted by molar-refractivity contribution is 5.94. The van der Waals surface area contributed by atoms with Gasteiger partial charge in [-0.2, -0.15) is 0 Å². The van der Waals surface area contributed by atoms with Crippen molar-refractivity contribution in [2.24, 2.45) is 11.7 Å². The van der Waals surface area contributed by atoms with E-state index in [9.17, 15) is 4.79 Å². The van der Waals surface area contributed by atoms with Crippen LogP contribution in [0.3, 0.4) is 0 Å². The summed E-state index contributed by atoms with van der Waals surface area (Å²) in [6.07, 6.45) is 0.902. The van der Waals surface area contributed by atoms with Crippen LogP contribution in [0, 0.1) is 12.8 Å². The van der Waals surface area contributed by atoms with E-state index in [1.54, 1.807) is 0 Å². The van der Waals surface area contributed by atoms with E-state index in [0.29, 0.717) is 5.92 Å². The number of rotatable bonds is 1. The molecule has 2 unspecified atom stereocenters. The Kier molecular flexibility index (Phi) is 3.48. The fourth-order valence-corrected chi connectivity index (χ4v) is 2.31. The Hall–Kier alpha value is -1.35. The zero-order valence-electron chi connectivity index (χ0n) is 10.5. The van der Waals surface area contributed by atoms with Crippen LogP contribution in [0.1, 0.15) is 29.3 Å². The number of piperidine rings is 1. The van der Waals surface area contributed by atoms with Gasteiger partial charge in [-0.25, -0.2) is 0 Å². The molecule has 1 saturated heterocycles. The standard InChI is InChI=1S/C14H20N2O/c1-10-4-3-5-12(8-10)14(17)16-7-6-13(15)11(2)9-16/h3-5,8,11,13H,6-7,9,15H2,1-2H3. The minimum absolute atomic E-state index is 0.132. The summed E-state index contributed by atoms with van der Waals surface area (Å²) in [6, 6.07) is 8.00. The smallest absolute Gasteiger partial charge is 0.253 e. The van der Waals surface area contributed by atoms with Crippen LogP contribution in [0.4, 0.5) is 0 Å². The first kappa shape index (κ1) is 12.1. The molecule has 0 bridgehead atoms. The van der Waals surface area contributed by atoms with Gasteiger partial charge in [-0.15, -0.1) is 0 Å². The molecular weight excluding hydrogens is 212 g/mol.